The third-order valence-corrected chi connectivity index (χ3v) is 5.35. The van der Waals surface area contributed by atoms with E-state index in [4.69, 9.17) is 4.52 Å². The molecule has 0 bridgehead atoms. The Bertz CT molecular complexity index is 824. The molecule has 1 amide bonds. The van der Waals surface area contributed by atoms with Gasteiger partial charge < -0.3 is 9.42 Å². The largest absolute Gasteiger partial charge is 0.342 e. The number of pyridine rings is 1. The Kier molecular flexibility index (Phi) is 4.56. The number of carbonyl (C=O) groups excluding carboxylic acids is 1. The standard InChI is InChI=1S/C18H18N4O2S/c23-16(12-13-3-7-19-8-4-13)22-9-5-14(6-10-22)18-20-17(21-24-18)15-2-1-11-25-15/h1-4,7-8,11,14H,5-6,9-10,12H2. The van der Waals surface area contributed by atoms with E-state index in [1.807, 2.05) is 34.5 Å². The van der Waals surface area contributed by atoms with E-state index in [0.29, 0.717) is 18.1 Å². The number of thiophene rings is 1. The Morgan fingerprint density at radius 1 is 1.24 bits per heavy atom. The zero-order valence-electron chi connectivity index (χ0n) is 13.7. The van der Waals surface area contributed by atoms with E-state index in [-0.39, 0.29) is 11.8 Å². The van der Waals surface area contributed by atoms with Gasteiger partial charge in [-0.25, -0.2) is 0 Å². The molecule has 0 saturated carbocycles. The third-order valence-electron chi connectivity index (χ3n) is 4.48. The van der Waals surface area contributed by atoms with E-state index >= 15 is 0 Å². The fourth-order valence-corrected chi connectivity index (χ4v) is 3.72. The van der Waals surface area contributed by atoms with Crippen molar-refractivity contribution in [3.63, 3.8) is 0 Å². The van der Waals surface area contributed by atoms with Gasteiger partial charge in [-0.15, -0.1) is 11.3 Å². The number of aromatic nitrogens is 3. The molecule has 1 fully saturated rings. The summed E-state index contributed by atoms with van der Waals surface area (Å²) in [5.41, 5.74) is 1.000. The van der Waals surface area contributed by atoms with Crippen molar-refractivity contribution in [2.24, 2.45) is 0 Å². The van der Waals surface area contributed by atoms with Crippen molar-refractivity contribution < 1.29 is 9.32 Å². The van der Waals surface area contributed by atoms with Crippen molar-refractivity contribution >= 4 is 17.2 Å². The summed E-state index contributed by atoms with van der Waals surface area (Å²) in [7, 11) is 0. The second-order valence-corrected chi connectivity index (χ2v) is 7.07. The molecule has 128 valence electrons. The predicted octanol–water partition coefficient (Wildman–Crippen LogP) is 3.14. The number of likely N-dealkylation sites (tertiary alicyclic amines) is 1. The lowest BCUT2D eigenvalue weighted by Gasteiger charge is -2.30. The van der Waals surface area contributed by atoms with E-state index in [1.165, 1.54) is 0 Å². The summed E-state index contributed by atoms with van der Waals surface area (Å²) < 4.78 is 5.45. The Balaban J connectivity index is 1.34. The van der Waals surface area contributed by atoms with Gasteiger partial charge in [0.25, 0.3) is 0 Å². The lowest BCUT2D eigenvalue weighted by molar-refractivity contribution is -0.131. The van der Waals surface area contributed by atoms with E-state index in [1.54, 1.807) is 23.7 Å². The molecular formula is C18H18N4O2S. The first-order valence-electron chi connectivity index (χ1n) is 8.34. The first kappa shape index (κ1) is 16.0. The lowest BCUT2D eigenvalue weighted by atomic mass is 9.96. The van der Waals surface area contributed by atoms with E-state index in [2.05, 4.69) is 15.1 Å². The minimum Gasteiger partial charge on any atom is -0.342 e. The van der Waals surface area contributed by atoms with Crippen LogP contribution in [0.15, 0.2) is 46.6 Å². The molecule has 0 spiro atoms. The van der Waals surface area contributed by atoms with Gasteiger partial charge in [0.15, 0.2) is 0 Å². The molecule has 4 heterocycles. The maximum absolute atomic E-state index is 12.4. The van der Waals surface area contributed by atoms with Crippen molar-refractivity contribution in [2.75, 3.05) is 13.1 Å². The molecule has 0 atom stereocenters. The van der Waals surface area contributed by atoms with E-state index in [0.717, 1.165) is 36.4 Å². The minimum atomic E-state index is 0.162. The number of rotatable bonds is 4. The van der Waals surface area contributed by atoms with Crippen molar-refractivity contribution in [1.82, 2.24) is 20.0 Å². The van der Waals surface area contributed by atoms with Crippen LogP contribution in [0.3, 0.4) is 0 Å². The molecule has 1 saturated heterocycles. The van der Waals surface area contributed by atoms with Crippen LogP contribution in [0.2, 0.25) is 0 Å². The van der Waals surface area contributed by atoms with Crippen LogP contribution in [0, 0.1) is 0 Å². The topological polar surface area (TPSA) is 72.1 Å². The van der Waals surface area contributed by atoms with Crippen LogP contribution in [-0.2, 0) is 11.2 Å². The second kappa shape index (κ2) is 7.14. The molecule has 7 heteroatoms. The van der Waals surface area contributed by atoms with Gasteiger partial charge in [0, 0.05) is 31.4 Å². The van der Waals surface area contributed by atoms with Gasteiger partial charge >= 0.3 is 0 Å². The van der Waals surface area contributed by atoms with Crippen molar-refractivity contribution in [3.8, 4) is 10.7 Å². The minimum absolute atomic E-state index is 0.162. The SMILES string of the molecule is O=C(Cc1ccncc1)N1CCC(c2nc(-c3cccs3)no2)CC1. The first-order valence-corrected chi connectivity index (χ1v) is 9.22. The summed E-state index contributed by atoms with van der Waals surface area (Å²) in [5.74, 6) is 1.73. The van der Waals surface area contributed by atoms with E-state index < -0.39 is 0 Å². The summed E-state index contributed by atoms with van der Waals surface area (Å²) in [6.45, 7) is 1.45. The van der Waals surface area contributed by atoms with Crippen molar-refractivity contribution in [3.05, 3.63) is 53.5 Å². The normalized spacial score (nSPS) is 15.4. The van der Waals surface area contributed by atoms with Gasteiger partial charge in [0.2, 0.25) is 17.6 Å². The lowest BCUT2D eigenvalue weighted by Crippen LogP contribution is -2.38. The zero-order chi connectivity index (χ0) is 17.1. The maximum Gasteiger partial charge on any atom is 0.230 e. The van der Waals surface area contributed by atoms with E-state index in [9.17, 15) is 4.79 Å². The summed E-state index contributed by atoms with van der Waals surface area (Å²) in [5, 5.41) is 6.08. The smallest absolute Gasteiger partial charge is 0.230 e. The summed E-state index contributed by atoms with van der Waals surface area (Å²) >= 11 is 1.60. The number of piperidine rings is 1. The Morgan fingerprint density at radius 2 is 2.04 bits per heavy atom. The zero-order valence-corrected chi connectivity index (χ0v) is 14.5. The molecular weight excluding hydrogens is 336 g/mol. The fraction of sp³-hybridized carbons (Fsp3) is 0.333. The molecule has 1 aliphatic heterocycles. The number of amides is 1. The average Bonchev–Trinajstić information content (AvgIpc) is 3.34. The maximum atomic E-state index is 12.4. The van der Waals surface area contributed by atoms with Crippen LogP contribution in [0.1, 0.15) is 30.2 Å². The van der Waals surface area contributed by atoms with Gasteiger partial charge in [-0.05, 0) is 42.0 Å². The Morgan fingerprint density at radius 3 is 2.76 bits per heavy atom. The second-order valence-electron chi connectivity index (χ2n) is 6.12. The Labute approximate surface area is 149 Å². The van der Waals surface area contributed by atoms with Crippen LogP contribution in [0.25, 0.3) is 10.7 Å². The van der Waals surface area contributed by atoms with Crippen LogP contribution >= 0.6 is 11.3 Å². The molecule has 0 aliphatic carbocycles. The summed E-state index contributed by atoms with van der Waals surface area (Å²) in [6.07, 6.45) is 5.57. The van der Waals surface area contributed by atoms with Gasteiger partial charge in [-0.3, -0.25) is 9.78 Å². The number of hydrogen-bond donors (Lipinski definition) is 0. The molecule has 6 nitrogen and oxygen atoms in total. The molecule has 25 heavy (non-hydrogen) atoms. The van der Waals surface area contributed by atoms with Crippen LogP contribution < -0.4 is 0 Å². The Hall–Kier alpha value is -2.54. The van der Waals surface area contributed by atoms with Crippen LogP contribution in [-0.4, -0.2) is 39.0 Å². The highest BCUT2D eigenvalue weighted by atomic mass is 32.1. The quantitative estimate of drug-likeness (QED) is 0.720. The fourth-order valence-electron chi connectivity index (χ4n) is 3.07. The molecule has 0 N–H and O–H groups in total. The van der Waals surface area contributed by atoms with Crippen molar-refractivity contribution in [1.29, 1.82) is 0 Å². The van der Waals surface area contributed by atoms with Gasteiger partial charge in [-0.2, -0.15) is 4.98 Å². The third kappa shape index (κ3) is 3.61. The van der Waals surface area contributed by atoms with Crippen LogP contribution in [0.4, 0.5) is 0 Å². The predicted molar refractivity (Wildman–Crippen MR) is 94.1 cm³/mol. The molecule has 1 aliphatic rings. The molecule has 3 aromatic heterocycles. The summed E-state index contributed by atoms with van der Waals surface area (Å²) in [6, 6.07) is 7.73. The monoisotopic (exact) mass is 354 g/mol. The first-order chi connectivity index (χ1) is 12.3. The van der Waals surface area contributed by atoms with Crippen LogP contribution in [0.5, 0.6) is 0 Å². The highest BCUT2D eigenvalue weighted by Crippen LogP contribution is 2.29. The average molecular weight is 354 g/mol. The summed E-state index contributed by atoms with van der Waals surface area (Å²) in [4.78, 5) is 23.9. The number of nitrogens with zero attached hydrogens (tertiary/aromatic N) is 4. The van der Waals surface area contributed by atoms with Crippen molar-refractivity contribution in [2.45, 2.75) is 25.2 Å². The molecule has 3 aromatic rings. The van der Waals surface area contributed by atoms with Gasteiger partial charge in [-0.1, -0.05) is 11.2 Å². The molecule has 4 rings (SSSR count). The molecule has 0 aromatic carbocycles. The van der Waals surface area contributed by atoms with Gasteiger partial charge in [0.05, 0.1) is 11.3 Å². The van der Waals surface area contributed by atoms with Gasteiger partial charge in [0.1, 0.15) is 0 Å². The number of hydrogen-bond acceptors (Lipinski definition) is 6. The molecule has 0 radical (unpaired) electrons. The number of carbonyl (C=O) groups is 1. The highest BCUT2D eigenvalue weighted by molar-refractivity contribution is 7.13. The molecule has 0 unspecified atom stereocenters. The highest BCUT2D eigenvalue weighted by Gasteiger charge is 2.27.